The van der Waals surface area contributed by atoms with Gasteiger partial charge in [-0.15, -0.1) is 0 Å². The predicted molar refractivity (Wildman–Crippen MR) is 82.4 cm³/mol. The molecular weight excluding hydrogens is 248 g/mol. The fourth-order valence-electron chi connectivity index (χ4n) is 2.32. The summed E-state index contributed by atoms with van der Waals surface area (Å²) in [7, 11) is 0. The second kappa shape index (κ2) is 7.44. The summed E-state index contributed by atoms with van der Waals surface area (Å²) in [5, 5.41) is 0. The SMILES string of the molecule is CCCCn1c[n+](COCC(C)CC)c2ccccc21. The number of ether oxygens (including phenoxy) is 1. The zero-order chi connectivity index (χ0) is 14.4. The number of hydrogen-bond donors (Lipinski definition) is 0. The van der Waals surface area contributed by atoms with Crippen LogP contribution in [-0.2, 0) is 18.0 Å². The highest BCUT2D eigenvalue weighted by molar-refractivity contribution is 5.71. The molecule has 0 spiro atoms. The van der Waals surface area contributed by atoms with Crippen molar-refractivity contribution in [1.29, 1.82) is 0 Å². The van der Waals surface area contributed by atoms with Crippen LogP contribution in [-0.4, -0.2) is 11.2 Å². The Bertz CT molecular complexity index is 533. The molecule has 0 amide bonds. The molecule has 0 fully saturated rings. The van der Waals surface area contributed by atoms with Gasteiger partial charge in [-0.05, 0) is 24.5 Å². The smallest absolute Gasteiger partial charge is 0.246 e. The van der Waals surface area contributed by atoms with E-state index in [1.807, 2.05) is 0 Å². The summed E-state index contributed by atoms with van der Waals surface area (Å²) in [5.41, 5.74) is 2.56. The minimum atomic E-state index is 0.629. The first-order valence-corrected chi connectivity index (χ1v) is 7.81. The summed E-state index contributed by atoms with van der Waals surface area (Å²) in [5.74, 6) is 0.629. The maximum Gasteiger partial charge on any atom is 0.246 e. The van der Waals surface area contributed by atoms with Crippen LogP contribution in [0.3, 0.4) is 0 Å². The molecule has 1 heterocycles. The number of unbranched alkanes of at least 4 members (excludes halogenated alkanes) is 1. The van der Waals surface area contributed by atoms with Gasteiger partial charge in [0.15, 0.2) is 17.8 Å². The third kappa shape index (κ3) is 3.60. The molecule has 1 unspecified atom stereocenters. The molecule has 0 saturated carbocycles. The van der Waals surface area contributed by atoms with Crippen LogP contribution < -0.4 is 4.57 Å². The van der Waals surface area contributed by atoms with Gasteiger partial charge in [-0.1, -0.05) is 45.7 Å². The third-order valence-corrected chi connectivity index (χ3v) is 3.86. The van der Waals surface area contributed by atoms with Crippen molar-refractivity contribution in [2.24, 2.45) is 5.92 Å². The van der Waals surface area contributed by atoms with Gasteiger partial charge in [0.25, 0.3) is 0 Å². The predicted octanol–water partition coefficient (Wildman–Crippen LogP) is 3.75. The van der Waals surface area contributed by atoms with E-state index in [1.165, 1.54) is 30.3 Å². The van der Waals surface area contributed by atoms with Crippen LogP contribution in [0.5, 0.6) is 0 Å². The van der Waals surface area contributed by atoms with E-state index < -0.39 is 0 Å². The van der Waals surface area contributed by atoms with Gasteiger partial charge in [-0.25, -0.2) is 9.13 Å². The maximum absolute atomic E-state index is 5.85. The van der Waals surface area contributed by atoms with Crippen LogP contribution in [0.2, 0.25) is 0 Å². The number of benzene rings is 1. The van der Waals surface area contributed by atoms with E-state index in [4.69, 9.17) is 4.74 Å². The average molecular weight is 275 g/mol. The zero-order valence-corrected chi connectivity index (χ0v) is 13.0. The summed E-state index contributed by atoms with van der Waals surface area (Å²) in [4.78, 5) is 0. The van der Waals surface area contributed by atoms with E-state index in [2.05, 4.69) is 60.5 Å². The van der Waals surface area contributed by atoms with E-state index in [-0.39, 0.29) is 0 Å². The van der Waals surface area contributed by atoms with Crippen molar-refractivity contribution < 1.29 is 9.30 Å². The van der Waals surface area contributed by atoms with Crippen LogP contribution in [0.1, 0.15) is 40.0 Å². The van der Waals surface area contributed by atoms with Crippen molar-refractivity contribution in [2.75, 3.05) is 6.61 Å². The number of para-hydroxylation sites is 2. The summed E-state index contributed by atoms with van der Waals surface area (Å²) < 4.78 is 10.4. The summed E-state index contributed by atoms with van der Waals surface area (Å²) >= 11 is 0. The molecule has 2 aromatic rings. The van der Waals surface area contributed by atoms with E-state index in [9.17, 15) is 0 Å². The minimum Gasteiger partial charge on any atom is -0.341 e. The van der Waals surface area contributed by atoms with Gasteiger partial charge in [0, 0.05) is 0 Å². The van der Waals surface area contributed by atoms with Gasteiger partial charge in [0.05, 0.1) is 13.2 Å². The lowest BCUT2D eigenvalue weighted by Crippen LogP contribution is -2.34. The number of fused-ring (bicyclic) bond motifs is 1. The molecule has 0 aliphatic carbocycles. The molecular formula is C17H27N2O+. The lowest BCUT2D eigenvalue weighted by atomic mass is 10.1. The number of hydrogen-bond acceptors (Lipinski definition) is 1. The molecule has 2 rings (SSSR count). The molecule has 1 atom stereocenters. The average Bonchev–Trinajstić information content (AvgIpc) is 2.83. The van der Waals surface area contributed by atoms with Crippen LogP contribution in [0.25, 0.3) is 11.0 Å². The molecule has 0 bridgehead atoms. The number of imidazole rings is 1. The van der Waals surface area contributed by atoms with Crippen LogP contribution in [0.15, 0.2) is 30.6 Å². The lowest BCUT2D eigenvalue weighted by Gasteiger charge is -2.07. The van der Waals surface area contributed by atoms with Gasteiger partial charge in [-0.3, -0.25) is 0 Å². The maximum atomic E-state index is 5.85. The van der Waals surface area contributed by atoms with Crippen LogP contribution >= 0.6 is 0 Å². The fourth-order valence-corrected chi connectivity index (χ4v) is 2.32. The second-order valence-electron chi connectivity index (χ2n) is 5.63. The summed E-state index contributed by atoms with van der Waals surface area (Å²) in [6.07, 6.45) is 5.79. The Morgan fingerprint density at radius 2 is 2.05 bits per heavy atom. The van der Waals surface area contributed by atoms with Crippen molar-refractivity contribution in [3.8, 4) is 0 Å². The van der Waals surface area contributed by atoms with Gasteiger partial charge in [-0.2, -0.15) is 0 Å². The Kier molecular flexibility index (Phi) is 5.60. The van der Waals surface area contributed by atoms with Crippen molar-refractivity contribution in [3.05, 3.63) is 30.6 Å². The fraction of sp³-hybridized carbons (Fsp3) is 0.588. The molecule has 20 heavy (non-hydrogen) atoms. The Morgan fingerprint density at radius 1 is 1.25 bits per heavy atom. The highest BCUT2D eigenvalue weighted by Crippen LogP contribution is 2.12. The molecule has 1 aromatic carbocycles. The van der Waals surface area contributed by atoms with Gasteiger partial charge < -0.3 is 4.74 Å². The summed E-state index contributed by atoms with van der Waals surface area (Å²) in [6.45, 7) is 9.22. The van der Waals surface area contributed by atoms with Gasteiger partial charge in [0.1, 0.15) is 0 Å². The van der Waals surface area contributed by atoms with E-state index >= 15 is 0 Å². The molecule has 3 nitrogen and oxygen atoms in total. The number of aromatic nitrogens is 2. The lowest BCUT2D eigenvalue weighted by molar-refractivity contribution is -0.710. The Labute approximate surface area is 122 Å². The number of aryl methyl sites for hydroxylation is 1. The molecule has 0 saturated heterocycles. The molecule has 0 aliphatic rings. The molecule has 0 N–H and O–H groups in total. The van der Waals surface area contributed by atoms with Gasteiger partial charge >= 0.3 is 0 Å². The number of nitrogens with zero attached hydrogens (tertiary/aromatic N) is 2. The third-order valence-electron chi connectivity index (χ3n) is 3.86. The van der Waals surface area contributed by atoms with E-state index in [1.54, 1.807) is 0 Å². The molecule has 0 radical (unpaired) electrons. The quantitative estimate of drug-likeness (QED) is 0.671. The van der Waals surface area contributed by atoms with Crippen molar-refractivity contribution >= 4 is 11.0 Å². The Balaban J connectivity index is 2.11. The molecule has 0 aliphatic heterocycles. The minimum absolute atomic E-state index is 0.629. The molecule has 1 aromatic heterocycles. The Morgan fingerprint density at radius 3 is 2.80 bits per heavy atom. The van der Waals surface area contributed by atoms with E-state index in [0.29, 0.717) is 12.6 Å². The first-order chi connectivity index (χ1) is 9.76. The normalized spacial score (nSPS) is 12.9. The first kappa shape index (κ1) is 15.0. The monoisotopic (exact) mass is 275 g/mol. The largest absolute Gasteiger partial charge is 0.341 e. The highest BCUT2D eigenvalue weighted by atomic mass is 16.5. The van der Waals surface area contributed by atoms with Gasteiger partial charge in [0.2, 0.25) is 6.33 Å². The van der Waals surface area contributed by atoms with E-state index in [0.717, 1.165) is 13.2 Å². The van der Waals surface area contributed by atoms with Crippen LogP contribution in [0, 0.1) is 5.92 Å². The number of rotatable bonds is 8. The standard InChI is InChI=1S/C17H27N2O/c1-4-6-11-18-13-19(14-20-12-15(3)5-2)17-10-8-7-9-16(17)18/h7-10,13,15H,4-6,11-12,14H2,1-3H3/q+1. The Hall–Kier alpha value is -1.35. The summed E-state index contributed by atoms with van der Waals surface area (Å²) in [6, 6.07) is 8.56. The topological polar surface area (TPSA) is 18.0 Å². The molecule has 110 valence electrons. The van der Waals surface area contributed by atoms with Crippen LogP contribution in [0.4, 0.5) is 0 Å². The van der Waals surface area contributed by atoms with Crippen molar-refractivity contribution in [2.45, 2.75) is 53.3 Å². The zero-order valence-electron chi connectivity index (χ0n) is 13.0. The first-order valence-electron chi connectivity index (χ1n) is 7.81. The molecule has 3 heteroatoms. The second-order valence-corrected chi connectivity index (χ2v) is 5.63. The highest BCUT2D eigenvalue weighted by Gasteiger charge is 2.14. The van der Waals surface area contributed by atoms with Crippen molar-refractivity contribution in [1.82, 2.24) is 4.57 Å². The van der Waals surface area contributed by atoms with Crippen molar-refractivity contribution in [3.63, 3.8) is 0 Å².